The lowest BCUT2D eigenvalue weighted by Crippen LogP contribution is -2.18. The molecule has 0 saturated carbocycles. The number of carbonyl (C=O) groups is 1. The van der Waals surface area contributed by atoms with Crippen LogP contribution in [0.3, 0.4) is 0 Å². The minimum atomic E-state index is -1.23. The van der Waals surface area contributed by atoms with Crippen LogP contribution in [-0.4, -0.2) is 19.3 Å². The van der Waals surface area contributed by atoms with Gasteiger partial charge in [0.2, 0.25) is 0 Å². The minimum absolute atomic E-state index is 0.729. The lowest BCUT2D eigenvalue weighted by atomic mass is 10.0. The molecule has 0 radical (unpaired) electrons. The number of benzene rings is 3. The van der Waals surface area contributed by atoms with Gasteiger partial charge in [0.1, 0.15) is 5.75 Å². The van der Waals surface area contributed by atoms with Gasteiger partial charge < -0.3 is 14.6 Å². The van der Waals surface area contributed by atoms with Crippen molar-refractivity contribution in [1.29, 1.82) is 0 Å². The number of methoxy groups -OCH3 is 1. The largest absolute Gasteiger partial charge is 0.545 e. The van der Waals surface area contributed by atoms with Gasteiger partial charge >= 0.3 is 0 Å². The number of carboxylic acid groups (broad SMARTS) is 1. The third kappa shape index (κ3) is 3.93. The molecule has 0 aliphatic rings. The van der Waals surface area contributed by atoms with E-state index >= 15 is 0 Å². The molecule has 4 heteroatoms. The normalized spacial score (nSPS) is 11.4. The van der Waals surface area contributed by atoms with E-state index in [4.69, 9.17) is 4.74 Å². The summed E-state index contributed by atoms with van der Waals surface area (Å²) < 4.78 is 5.46. The molecule has 25 heavy (non-hydrogen) atoms. The van der Waals surface area contributed by atoms with Crippen LogP contribution in [0.5, 0.6) is 5.75 Å². The Morgan fingerprint density at radius 1 is 1.08 bits per heavy atom. The Labute approximate surface area is 145 Å². The number of rotatable bonds is 5. The summed E-state index contributed by atoms with van der Waals surface area (Å²) >= 11 is 0. The van der Waals surface area contributed by atoms with Gasteiger partial charge in [0.05, 0.1) is 18.8 Å². The first kappa shape index (κ1) is 16.5. The van der Waals surface area contributed by atoms with Crippen molar-refractivity contribution in [3.8, 4) is 5.75 Å². The van der Waals surface area contributed by atoms with E-state index in [1.165, 1.54) is 6.08 Å². The fourth-order valence-electron chi connectivity index (χ4n) is 2.63. The van der Waals surface area contributed by atoms with E-state index in [1.807, 2.05) is 48.5 Å². The monoisotopic (exact) mass is 330 g/mol. The molecule has 0 aliphatic carbocycles. The molecule has 3 rings (SSSR count). The van der Waals surface area contributed by atoms with Crippen LogP contribution < -0.4 is 9.84 Å². The standard InChI is InChI=1S/C21H17NO3/c1-25-19-10-4-7-16-6-3-8-17(21(16)19)14-22-18-9-2-5-15(13-18)11-12-20(23)24/h2-14H,1H3,(H,23,24)/p-1/b12-11+,22-14?. The maximum absolute atomic E-state index is 10.5. The van der Waals surface area contributed by atoms with Crippen molar-refractivity contribution in [2.75, 3.05) is 7.11 Å². The molecule has 0 unspecified atom stereocenters. The van der Waals surface area contributed by atoms with Crippen LogP contribution in [0, 0.1) is 0 Å². The van der Waals surface area contributed by atoms with Crippen molar-refractivity contribution in [3.05, 3.63) is 77.9 Å². The molecule has 0 spiro atoms. The van der Waals surface area contributed by atoms with Gasteiger partial charge in [0.15, 0.2) is 0 Å². The lowest BCUT2D eigenvalue weighted by Gasteiger charge is -2.07. The van der Waals surface area contributed by atoms with Crippen LogP contribution in [0.1, 0.15) is 11.1 Å². The summed E-state index contributed by atoms with van der Waals surface area (Å²) in [4.78, 5) is 15.0. The van der Waals surface area contributed by atoms with Crippen LogP contribution in [0.4, 0.5) is 5.69 Å². The van der Waals surface area contributed by atoms with Crippen LogP contribution >= 0.6 is 0 Å². The molecule has 3 aromatic rings. The van der Waals surface area contributed by atoms with Gasteiger partial charge in [-0.2, -0.15) is 0 Å². The molecule has 0 heterocycles. The lowest BCUT2D eigenvalue weighted by molar-refractivity contribution is -0.297. The van der Waals surface area contributed by atoms with E-state index in [0.29, 0.717) is 0 Å². The van der Waals surface area contributed by atoms with Gasteiger partial charge in [0.25, 0.3) is 0 Å². The van der Waals surface area contributed by atoms with Gasteiger partial charge in [-0.25, -0.2) is 0 Å². The minimum Gasteiger partial charge on any atom is -0.545 e. The SMILES string of the molecule is COc1cccc2cccc(C=Nc3cccc(/C=C/C(=O)[O-])c3)c12. The summed E-state index contributed by atoms with van der Waals surface area (Å²) in [5, 5.41) is 12.6. The number of hydrogen-bond acceptors (Lipinski definition) is 4. The molecule has 0 aliphatic heterocycles. The van der Waals surface area contributed by atoms with E-state index in [0.717, 1.165) is 39.4 Å². The number of ether oxygens (including phenoxy) is 1. The number of carboxylic acids is 1. The second-order valence-corrected chi connectivity index (χ2v) is 5.41. The van der Waals surface area contributed by atoms with Gasteiger partial charge in [-0.1, -0.05) is 48.5 Å². The summed E-state index contributed by atoms with van der Waals surface area (Å²) in [5.41, 5.74) is 2.42. The number of aliphatic imine (C=N–C) groups is 1. The summed E-state index contributed by atoms with van der Waals surface area (Å²) in [7, 11) is 1.65. The number of fused-ring (bicyclic) bond motifs is 1. The second-order valence-electron chi connectivity index (χ2n) is 5.41. The quantitative estimate of drug-likeness (QED) is 0.532. The van der Waals surface area contributed by atoms with Crippen molar-refractivity contribution in [1.82, 2.24) is 0 Å². The van der Waals surface area contributed by atoms with Crippen LogP contribution in [0.15, 0.2) is 71.7 Å². The maximum Gasteiger partial charge on any atom is 0.127 e. The molecule has 4 nitrogen and oxygen atoms in total. The molecule has 0 atom stereocenters. The van der Waals surface area contributed by atoms with Crippen LogP contribution in [0.25, 0.3) is 16.8 Å². The Balaban J connectivity index is 1.96. The van der Waals surface area contributed by atoms with Crippen LogP contribution in [-0.2, 0) is 4.79 Å². The van der Waals surface area contributed by atoms with Gasteiger partial charge in [0, 0.05) is 17.2 Å². The molecule has 0 aromatic heterocycles. The molecule has 0 saturated heterocycles. The molecule has 0 N–H and O–H groups in total. The average molecular weight is 330 g/mol. The van der Waals surface area contributed by atoms with E-state index in [2.05, 4.69) is 4.99 Å². The van der Waals surface area contributed by atoms with Crippen molar-refractivity contribution in [2.45, 2.75) is 0 Å². The highest BCUT2D eigenvalue weighted by atomic mass is 16.5. The van der Waals surface area contributed by atoms with Gasteiger partial charge in [-0.3, -0.25) is 4.99 Å². The molecular weight excluding hydrogens is 314 g/mol. The summed E-state index contributed by atoms with van der Waals surface area (Å²) in [5.74, 6) is -0.429. The Bertz CT molecular complexity index is 969. The zero-order valence-electron chi connectivity index (χ0n) is 13.7. The summed E-state index contributed by atoms with van der Waals surface area (Å²) in [6.07, 6.45) is 4.26. The number of carbonyl (C=O) groups excluding carboxylic acids is 1. The van der Waals surface area contributed by atoms with Crippen molar-refractivity contribution in [3.63, 3.8) is 0 Å². The van der Waals surface area contributed by atoms with E-state index < -0.39 is 5.97 Å². The van der Waals surface area contributed by atoms with Gasteiger partial charge in [-0.15, -0.1) is 0 Å². The third-order valence-corrected chi connectivity index (χ3v) is 3.75. The van der Waals surface area contributed by atoms with Crippen LogP contribution in [0.2, 0.25) is 0 Å². The smallest absolute Gasteiger partial charge is 0.127 e. The first-order chi connectivity index (χ1) is 12.2. The van der Waals surface area contributed by atoms with Crippen molar-refractivity contribution in [2.24, 2.45) is 4.99 Å². The first-order valence-corrected chi connectivity index (χ1v) is 7.76. The van der Waals surface area contributed by atoms with Crippen molar-refractivity contribution < 1.29 is 14.6 Å². The Hall–Kier alpha value is -3.40. The average Bonchev–Trinajstić information content (AvgIpc) is 2.64. The predicted molar refractivity (Wildman–Crippen MR) is 98.2 cm³/mol. The Kier molecular flexibility index (Phi) is 4.90. The molecular formula is C21H16NO3-. The fourth-order valence-corrected chi connectivity index (χ4v) is 2.63. The first-order valence-electron chi connectivity index (χ1n) is 7.76. The highest BCUT2D eigenvalue weighted by Gasteiger charge is 2.04. The fraction of sp³-hybridized carbons (Fsp3) is 0.0476. The highest BCUT2D eigenvalue weighted by molar-refractivity contribution is 6.03. The maximum atomic E-state index is 10.5. The summed E-state index contributed by atoms with van der Waals surface area (Å²) in [6.45, 7) is 0. The number of nitrogens with zero attached hydrogens (tertiary/aromatic N) is 1. The molecule has 0 fully saturated rings. The molecule has 3 aromatic carbocycles. The number of hydrogen-bond donors (Lipinski definition) is 0. The van der Waals surface area contributed by atoms with E-state index in [-0.39, 0.29) is 0 Å². The topological polar surface area (TPSA) is 61.7 Å². The van der Waals surface area contributed by atoms with Gasteiger partial charge in [-0.05, 0) is 35.2 Å². The third-order valence-electron chi connectivity index (χ3n) is 3.75. The van der Waals surface area contributed by atoms with Crippen molar-refractivity contribution >= 4 is 34.7 Å². The molecule has 124 valence electrons. The van der Waals surface area contributed by atoms with E-state index in [9.17, 15) is 9.90 Å². The summed E-state index contributed by atoms with van der Waals surface area (Å²) in [6, 6.07) is 19.2. The number of aliphatic carboxylic acids is 1. The Morgan fingerprint density at radius 2 is 1.84 bits per heavy atom. The molecule has 0 bridgehead atoms. The predicted octanol–water partition coefficient (Wildman–Crippen LogP) is 3.36. The Morgan fingerprint density at radius 3 is 2.60 bits per heavy atom. The zero-order valence-corrected chi connectivity index (χ0v) is 13.7. The highest BCUT2D eigenvalue weighted by Crippen LogP contribution is 2.28. The second kappa shape index (κ2) is 7.45. The van der Waals surface area contributed by atoms with E-state index in [1.54, 1.807) is 25.5 Å². The molecule has 0 amide bonds. The zero-order chi connectivity index (χ0) is 17.6.